The molecule has 4 rings (SSSR count). The Balaban J connectivity index is 1.36. The second kappa shape index (κ2) is 9.04. The summed E-state index contributed by atoms with van der Waals surface area (Å²) in [5.74, 6) is 2.46. The third-order valence-corrected chi connectivity index (χ3v) is 5.28. The maximum Gasteiger partial charge on any atom is 0.227 e. The van der Waals surface area contributed by atoms with E-state index in [1.165, 1.54) is 0 Å². The van der Waals surface area contributed by atoms with E-state index in [4.69, 9.17) is 13.7 Å². The van der Waals surface area contributed by atoms with Gasteiger partial charge in [-0.3, -0.25) is 4.79 Å². The van der Waals surface area contributed by atoms with Crippen LogP contribution in [-0.2, 0) is 11.2 Å². The third kappa shape index (κ3) is 4.60. The number of fused-ring (bicyclic) bond motifs is 1. The Labute approximate surface area is 180 Å². The van der Waals surface area contributed by atoms with Gasteiger partial charge in [0.2, 0.25) is 17.6 Å². The van der Waals surface area contributed by atoms with Crippen molar-refractivity contribution >= 4 is 16.9 Å². The molecule has 0 aliphatic rings. The smallest absolute Gasteiger partial charge is 0.227 e. The van der Waals surface area contributed by atoms with Gasteiger partial charge in [0.05, 0.1) is 12.6 Å². The van der Waals surface area contributed by atoms with Gasteiger partial charge in [0.1, 0.15) is 17.1 Å². The molecule has 2 heterocycles. The minimum Gasteiger partial charge on any atom is -0.494 e. The zero-order valence-electron chi connectivity index (χ0n) is 17.9. The molecular formula is C24H25N3O4. The van der Waals surface area contributed by atoms with Crippen LogP contribution in [0.25, 0.3) is 22.4 Å². The van der Waals surface area contributed by atoms with Gasteiger partial charge in [-0.1, -0.05) is 23.4 Å². The van der Waals surface area contributed by atoms with E-state index < -0.39 is 0 Å². The first-order valence-corrected chi connectivity index (χ1v) is 10.3. The van der Waals surface area contributed by atoms with E-state index in [-0.39, 0.29) is 18.4 Å². The van der Waals surface area contributed by atoms with Crippen LogP contribution in [-0.4, -0.2) is 34.6 Å². The predicted octanol–water partition coefficient (Wildman–Crippen LogP) is 5.03. The number of hydrogen-bond donors (Lipinski definition) is 0. The van der Waals surface area contributed by atoms with Gasteiger partial charge in [0.15, 0.2) is 0 Å². The second-order valence-corrected chi connectivity index (χ2v) is 7.34. The highest BCUT2D eigenvalue weighted by Crippen LogP contribution is 2.27. The molecule has 2 aromatic heterocycles. The number of aryl methyl sites for hydroxylation is 1. The zero-order chi connectivity index (χ0) is 21.8. The molecule has 0 spiro atoms. The molecule has 0 saturated heterocycles. The minimum absolute atomic E-state index is 0.0197. The number of nitrogens with zero attached hydrogens (tertiary/aromatic N) is 3. The summed E-state index contributed by atoms with van der Waals surface area (Å²) in [6.07, 6.45) is 0.645. The molecule has 4 aromatic rings. The SMILES string of the molecule is CCOc1ccc(-c2noc(CCC(=O)N(C)C(C)c3cc4ccccc4o3)n2)cc1. The molecule has 1 unspecified atom stereocenters. The lowest BCUT2D eigenvalue weighted by molar-refractivity contribution is -0.132. The quantitative estimate of drug-likeness (QED) is 0.398. The van der Waals surface area contributed by atoms with Gasteiger partial charge in [0, 0.05) is 30.8 Å². The van der Waals surface area contributed by atoms with E-state index in [2.05, 4.69) is 10.1 Å². The number of aromatic nitrogens is 2. The van der Waals surface area contributed by atoms with E-state index >= 15 is 0 Å². The zero-order valence-corrected chi connectivity index (χ0v) is 17.9. The van der Waals surface area contributed by atoms with Gasteiger partial charge in [0.25, 0.3) is 0 Å². The number of ether oxygens (including phenoxy) is 1. The summed E-state index contributed by atoms with van der Waals surface area (Å²) < 4.78 is 16.7. The average Bonchev–Trinajstić information content (AvgIpc) is 3.44. The van der Waals surface area contributed by atoms with E-state index in [0.717, 1.165) is 28.0 Å². The van der Waals surface area contributed by atoms with Crippen molar-refractivity contribution in [3.63, 3.8) is 0 Å². The maximum atomic E-state index is 12.7. The number of para-hydroxylation sites is 1. The van der Waals surface area contributed by atoms with Gasteiger partial charge in [-0.15, -0.1) is 0 Å². The summed E-state index contributed by atoms with van der Waals surface area (Å²) in [4.78, 5) is 18.8. The molecule has 0 N–H and O–H groups in total. The van der Waals surface area contributed by atoms with Crippen molar-refractivity contribution in [2.45, 2.75) is 32.7 Å². The predicted molar refractivity (Wildman–Crippen MR) is 117 cm³/mol. The first-order valence-electron chi connectivity index (χ1n) is 10.3. The number of benzene rings is 2. The van der Waals surface area contributed by atoms with Gasteiger partial charge in [-0.25, -0.2) is 0 Å². The maximum absolute atomic E-state index is 12.7. The Morgan fingerprint density at radius 3 is 2.68 bits per heavy atom. The van der Waals surface area contributed by atoms with Crippen LogP contribution in [0.2, 0.25) is 0 Å². The highest BCUT2D eigenvalue weighted by Gasteiger charge is 2.21. The first-order chi connectivity index (χ1) is 15.0. The van der Waals surface area contributed by atoms with Crippen molar-refractivity contribution in [3.8, 4) is 17.1 Å². The van der Waals surface area contributed by atoms with E-state index in [9.17, 15) is 4.79 Å². The fraction of sp³-hybridized carbons (Fsp3) is 0.292. The summed E-state index contributed by atoms with van der Waals surface area (Å²) in [7, 11) is 1.78. The van der Waals surface area contributed by atoms with Crippen LogP contribution in [0.1, 0.15) is 38.0 Å². The van der Waals surface area contributed by atoms with Crippen LogP contribution in [0.15, 0.2) is 63.5 Å². The molecule has 7 nitrogen and oxygen atoms in total. The Bertz CT molecular complexity index is 1130. The molecule has 0 saturated carbocycles. The average molecular weight is 419 g/mol. The topological polar surface area (TPSA) is 81.6 Å². The standard InChI is InChI=1S/C24H25N3O4/c1-4-29-19-11-9-17(10-12-19)24-25-22(31-26-24)13-14-23(28)27(3)16(2)21-15-18-7-5-6-8-20(18)30-21/h5-12,15-16H,4,13-14H2,1-3H3. The first kappa shape index (κ1) is 20.7. The van der Waals surface area contributed by atoms with E-state index in [1.54, 1.807) is 11.9 Å². The summed E-state index contributed by atoms with van der Waals surface area (Å²) in [6, 6.07) is 17.1. The molecule has 0 aliphatic carbocycles. The lowest BCUT2D eigenvalue weighted by Crippen LogP contribution is -2.29. The van der Waals surface area contributed by atoms with Gasteiger partial charge in [-0.05, 0) is 50.2 Å². The number of carbonyl (C=O) groups is 1. The van der Waals surface area contributed by atoms with E-state index in [1.807, 2.05) is 68.4 Å². The van der Waals surface area contributed by atoms with Gasteiger partial charge < -0.3 is 18.6 Å². The molecule has 1 atom stereocenters. The number of hydrogen-bond acceptors (Lipinski definition) is 6. The largest absolute Gasteiger partial charge is 0.494 e. The van der Waals surface area contributed by atoms with Crippen molar-refractivity contribution in [1.29, 1.82) is 0 Å². The number of carbonyl (C=O) groups excluding carboxylic acids is 1. The Kier molecular flexibility index (Phi) is 6.02. The van der Waals surface area contributed by atoms with Gasteiger partial charge in [-0.2, -0.15) is 4.98 Å². The van der Waals surface area contributed by atoms with Gasteiger partial charge >= 0.3 is 0 Å². The molecule has 31 heavy (non-hydrogen) atoms. The molecule has 160 valence electrons. The molecular weight excluding hydrogens is 394 g/mol. The molecule has 0 radical (unpaired) electrons. The molecule has 0 bridgehead atoms. The Morgan fingerprint density at radius 1 is 1.16 bits per heavy atom. The highest BCUT2D eigenvalue weighted by atomic mass is 16.5. The lowest BCUT2D eigenvalue weighted by atomic mass is 10.2. The normalized spacial score (nSPS) is 12.1. The van der Waals surface area contributed by atoms with Crippen molar-refractivity contribution < 1.29 is 18.5 Å². The van der Waals surface area contributed by atoms with Crippen molar-refractivity contribution in [2.75, 3.05) is 13.7 Å². The molecule has 2 aromatic carbocycles. The summed E-state index contributed by atoms with van der Waals surface area (Å²) in [5, 5.41) is 5.05. The van der Waals surface area contributed by atoms with Crippen LogP contribution < -0.4 is 4.74 Å². The fourth-order valence-electron chi connectivity index (χ4n) is 3.35. The molecule has 0 fully saturated rings. The number of amides is 1. The van der Waals surface area contributed by atoms with Crippen LogP contribution in [0.5, 0.6) is 5.75 Å². The number of rotatable bonds is 8. The Hall–Kier alpha value is -3.61. The van der Waals surface area contributed by atoms with E-state index in [0.29, 0.717) is 24.7 Å². The van der Waals surface area contributed by atoms with Crippen molar-refractivity contribution in [1.82, 2.24) is 15.0 Å². The fourth-order valence-corrected chi connectivity index (χ4v) is 3.35. The van der Waals surface area contributed by atoms with Crippen molar-refractivity contribution in [2.24, 2.45) is 0 Å². The number of furan rings is 1. The molecule has 1 amide bonds. The summed E-state index contributed by atoms with van der Waals surface area (Å²) in [5.41, 5.74) is 1.65. The van der Waals surface area contributed by atoms with Crippen LogP contribution in [0.4, 0.5) is 0 Å². The highest BCUT2D eigenvalue weighted by molar-refractivity contribution is 5.79. The summed E-state index contributed by atoms with van der Waals surface area (Å²) in [6.45, 7) is 4.50. The minimum atomic E-state index is -0.179. The second-order valence-electron chi connectivity index (χ2n) is 7.34. The van der Waals surface area contributed by atoms with Crippen LogP contribution in [0, 0.1) is 0 Å². The van der Waals surface area contributed by atoms with Crippen LogP contribution in [0.3, 0.4) is 0 Å². The Morgan fingerprint density at radius 2 is 1.94 bits per heavy atom. The monoisotopic (exact) mass is 419 g/mol. The van der Waals surface area contributed by atoms with Crippen molar-refractivity contribution in [3.05, 3.63) is 66.2 Å². The molecule has 7 heteroatoms. The van der Waals surface area contributed by atoms with Crippen LogP contribution >= 0.6 is 0 Å². The third-order valence-electron chi connectivity index (χ3n) is 5.28. The lowest BCUT2D eigenvalue weighted by Gasteiger charge is -2.23. The summed E-state index contributed by atoms with van der Waals surface area (Å²) >= 11 is 0. The molecule has 0 aliphatic heterocycles.